The van der Waals surface area contributed by atoms with Gasteiger partial charge < -0.3 is 40.4 Å². The highest BCUT2D eigenvalue weighted by Gasteiger charge is 2.85. The smallest absolute Gasteiger partial charge is 0.331 e. The minimum Gasteiger partial charge on any atom is -0.454 e. The number of aldehydes is 1. The van der Waals surface area contributed by atoms with Gasteiger partial charge in [-0.1, -0.05) is 112 Å². The predicted molar refractivity (Wildman–Crippen MR) is 324 cm³/mol. The van der Waals surface area contributed by atoms with Crippen molar-refractivity contribution in [2.75, 3.05) is 7.05 Å². The number of aliphatic hydroxyl groups excluding tert-OH is 2. The molecule has 9 nitrogen and oxygen atoms in total. The summed E-state index contributed by atoms with van der Waals surface area (Å²) in [5, 5.41) is 73.6. The van der Waals surface area contributed by atoms with Crippen LogP contribution in [0.5, 0.6) is 0 Å². The van der Waals surface area contributed by atoms with Crippen LogP contribution in [-0.4, -0.2) is 79.9 Å². The summed E-state index contributed by atoms with van der Waals surface area (Å²) in [6.07, 6.45) is 21.0. The average Bonchev–Trinajstić information content (AvgIpc) is 1.19. The number of benzene rings is 3. The molecule has 0 unspecified atom stereocenters. The minimum atomic E-state index is -1.79. The van der Waals surface area contributed by atoms with Gasteiger partial charge in [0, 0.05) is 52.2 Å². The second-order valence-electron chi connectivity index (χ2n) is 31.1. The number of fused-ring (bicyclic) bond motifs is 3. The number of hydrogen-bond donors (Lipinski definition) is 6. The van der Waals surface area contributed by atoms with Gasteiger partial charge in [0.15, 0.2) is 0 Å². The van der Waals surface area contributed by atoms with Gasteiger partial charge in [-0.15, -0.1) is 0 Å². The molecule has 17 rings (SSSR count). The van der Waals surface area contributed by atoms with Gasteiger partial charge in [-0.2, -0.15) is 0 Å². The molecule has 3 aromatic carbocycles. The van der Waals surface area contributed by atoms with Crippen LogP contribution >= 0.6 is 0 Å². The number of ether oxygens (including phenoxy) is 1. The summed E-state index contributed by atoms with van der Waals surface area (Å²) in [5.74, 6) is 7.29. The van der Waals surface area contributed by atoms with Crippen molar-refractivity contribution < 1.29 is 39.9 Å². The van der Waals surface area contributed by atoms with Gasteiger partial charge in [0.05, 0.1) is 29.3 Å². The van der Waals surface area contributed by atoms with E-state index in [1.165, 1.54) is 47.9 Å². The Kier molecular flexibility index (Phi) is 13.7. The van der Waals surface area contributed by atoms with Gasteiger partial charge in [-0.25, -0.2) is 4.79 Å². The normalized spacial score (nSPS) is 45.7. The zero-order valence-electron chi connectivity index (χ0n) is 50.5. The number of esters is 1. The number of carbonyl (C=O) groups is 2. The van der Waals surface area contributed by atoms with E-state index in [1.807, 2.05) is 19.2 Å². The molecule has 0 saturated heterocycles. The van der Waals surface area contributed by atoms with Crippen LogP contribution in [0.15, 0.2) is 78.4 Å². The third-order valence-corrected chi connectivity index (χ3v) is 27.9. The van der Waals surface area contributed by atoms with Gasteiger partial charge in [0.2, 0.25) is 0 Å². The van der Waals surface area contributed by atoms with Crippen LogP contribution in [0.2, 0.25) is 0 Å². The van der Waals surface area contributed by atoms with E-state index < -0.39 is 68.4 Å². The van der Waals surface area contributed by atoms with E-state index in [0.29, 0.717) is 75.5 Å². The lowest BCUT2D eigenvalue weighted by atomic mass is 9.33. The largest absolute Gasteiger partial charge is 0.454 e. The van der Waals surface area contributed by atoms with Crippen molar-refractivity contribution in [2.45, 2.75) is 222 Å². The van der Waals surface area contributed by atoms with E-state index in [0.717, 1.165) is 99.2 Å². The number of rotatable bonds is 6. The molecule has 9 fully saturated rings. The predicted octanol–water partition coefficient (Wildman–Crippen LogP) is 11.7. The van der Waals surface area contributed by atoms with Gasteiger partial charge in [-0.3, -0.25) is 0 Å². The maximum absolute atomic E-state index is 15.5. The maximum atomic E-state index is 15.5. The monoisotopic (exact) mass is 1140 g/mol. The number of carbonyl (C=O) groups excluding carboxylic acids is 2. The number of aliphatic hydroxyl groups is 5. The van der Waals surface area contributed by atoms with Crippen molar-refractivity contribution in [3.05, 3.63) is 117 Å². The first-order valence-electron chi connectivity index (χ1n) is 33.9. The first kappa shape index (κ1) is 56.4. The molecule has 0 amide bonds. The van der Waals surface area contributed by atoms with Crippen molar-refractivity contribution in [3.8, 4) is 11.8 Å². The Hall–Kier alpha value is -4.14. The van der Waals surface area contributed by atoms with Crippen LogP contribution in [0.3, 0.4) is 0 Å². The van der Waals surface area contributed by atoms with Crippen LogP contribution < -0.4 is 5.32 Å². The highest BCUT2D eigenvalue weighted by molar-refractivity contribution is 5.86. The first-order chi connectivity index (χ1) is 40.6. The molecule has 13 aliphatic carbocycles. The third kappa shape index (κ3) is 8.06. The summed E-state index contributed by atoms with van der Waals surface area (Å²) >= 11 is 0. The van der Waals surface area contributed by atoms with Crippen molar-refractivity contribution in [3.63, 3.8) is 0 Å². The number of hydrogen-bond acceptors (Lipinski definition) is 9. The molecule has 0 aromatic heterocycles. The third-order valence-electron chi connectivity index (χ3n) is 27.9. The van der Waals surface area contributed by atoms with E-state index in [9.17, 15) is 20.1 Å². The van der Waals surface area contributed by atoms with E-state index in [1.54, 1.807) is 6.08 Å². The van der Waals surface area contributed by atoms with Crippen molar-refractivity contribution in [1.29, 1.82) is 0 Å². The average molecular weight is 1140 g/mol. The van der Waals surface area contributed by atoms with E-state index in [2.05, 4.69) is 85.6 Å². The topological polar surface area (TPSA) is 157 Å². The van der Waals surface area contributed by atoms with E-state index >= 15 is 15.0 Å². The lowest BCUT2D eigenvalue weighted by Gasteiger charge is -2.74. The van der Waals surface area contributed by atoms with Gasteiger partial charge in [-0.05, 0) is 240 Å². The zero-order valence-corrected chi connectivity index (χ0v) is 50.5. The summed E-state index contributed by atoms with van der Waals surface area (Å²) in [6, 6.07) is 24.6. The Labute approximate surface area is 500 Å². The van der Waals surface area contributed by atoms with Gasteiger partial charge >= 0.3 is 5.97 Å². The lowest BCUT2D eigenvalue weighted by Crippen LogP contribution is -2.82. The number of likely N-dealkylation sites (N-methyl/N-ethyl adjacent to an activating group) is 1. The molecule has 3 spiro atoms. The summed E-state index contributed by atoms with van der Waals surface area (Å²) < 4.78 is 6.59. The fraction of sp³-hybridized carbons (Fsp3) is 0.680. The van der Waals surface area contributed by atoms with Crippen molar-refractivity contribution >= 4 is 12.3 Å². The van der Waals surface area contributed by atoms with E-state index in [4.69, 9.17) is 4.74 Å². The number of nitrogens with one attached hydrogen (secondary N) is 1. The Morgan fingerprint density at radius 2 is 1.58 bits per heavy atom. The van der Waals surface area contributed by atoms with Gasteiger partial charge in [0.25, 0.3) is 0 Å². The summed E-state index contributed by atoms with van der Waals surface area (Å²) in [6.45, 7) is 4.62. The highest BCUT2D eigenvalue weighted by Crippen LogP contribution is 2.80. The molecule has 14 aliphatic rings. The Morgan fingerprint density at radius 3 is 2.36 bits per heavy atom. The van der Waals surface area contributed by atoms with Crippen LogP contribution in [0.1, 0.15) is 200 Å². The highest BCUT2D eigenvalue weighted by atomic mass is 16.5. The molecule has 3 aromatic rings. The summed E-state index contributed by atoms with van der Waals surface area (Å²) in [5.41, 5.74) is 0.323. The molecular formula is C75H95NO8. The molecule has 21 atom stereocenters. The minimum absolute atomic E-state index is 0.118. The fourth-order valence-electron chi connectivity index (χ4n) is 24.5. The Balaban J connectivity index is 0.952. The summed E-state index contributed by atoms with van der Waals surface area (Å²) in [4.78, 5) is 29.8. The molecule has 1 aliphatic heterocycles. The lowest BCUT2D eigenvalue weighted by molar-refractivity contribution is -0.356. The van der Waals surface area contributed by atoms with Crippen LogP contribution in [0.4, 0.5) is 0 Å². The zero-order chi connectivity index (χ0) is 57.8. The molecular weight excluding hydrogens is 1040 g/mol. The van der Waals surface area contributed by atoms with E-state index in [-0.39, 0.29) is 60.5 Å². The second kappa shape index (κ2) is 20.5. The van der Waals surface area contributed by atoms with Gasteiger partial charge in [0.1, 0.15) is 18.0 Å². The molecule has 9 saturated carbocycles. The molecule has 84 heavy (non-hydrogen) atoms. The Bertz CT molecular complexity index is 3190. The maximum Gasteiger partial charge on any atom is 0.331 e. The number of aryl methyl sites for hydroxylation is 1. The molecule has 9 heteroatoms. The van der Waals surface area contributed by atoms with Crippen LogP contribution in [0, 0.1) is 98.6 Å². The quantitative estimate of drug-likeness (QED) is 0.0803. The second-order valence-corrected chi connectivity index (χ2v) is 31.1. The SMILES string of the molecule is CC[C@H]1c2cccc(c2)CC[C@@H]2CC[C@]3(C2)C[C@]2(C=O)[C@H]4CC[C@@]56C[C@]7(C#Cc8cccc(CO)c8C[C@@H](NC)[C@H]8C[C@H](C[C@]5(O)[C@@]4(O)C[C@H]4C[C@@H]([C@@H](C)C5CCCC5)CC[C@H]([C@H]3O)[C@@]42O)[C@@H]6C2=CC(=O)O[C@H]28)CC[C@H](Cc2cccc1c2)C7. The molecule has 1 heterocycles. The standard InChI is InChI=1S/C75H95NO8/c1-4-58-53-15-7-10-46(31-53)18-19-47-23-28-70(38-47)43-72(44-78)64-25-29-71-42-69(26-22-49(37-69)30-48-11-8-16-54(58)32-48)27-24-51-14-9-17-55(41-77)59(51)35-63(76-3)60-34-56(66(71)61-36-65(79)84-67(60)61)39-74(71,82)73(64,81)40-57-33-52(45(2)50-12-5-6-13-50)20-21-62(68(70)80)75(57,72)83/h7-11,14-17,31-32,36,44-45,47,49-50,52,56-58,60,62-64,66-68,76-77,80-83H,4-6,12-13,18-23,25-26,28-30,33-35,37-43H2,1-3H3/t45-,47+,49+,52-,56+,57+,58-,60+,62+,63+,64+,66+,67-,68+,69-,70-,71-,72-,73+,74+,75-/m0/s1. The summed E-state index contributed by atoms with van der Waals surface area (Å²) in [7, 11) is 1.98. The van der Waals surface area contributed by atoms with Crippen LogP contribution in [0.25, 0.3) is 0 Å². The molecule has 0 radical (unpaired) electrons. The molecule has 448 valence electrons. The molecule has 15 bridgehead atoms. The fourth-order valence-corrected chi connectivity index (χ4v) is 24.5. The Morgan fingerprint density at radius 1 is 0.810 bits per heavy atom. The molecule has 6 N–H and O–H groups in total. The van der Waals surface area contributed by atoms with Crippen LogP contribution in [-0.2, 0) is 40.2 Å². The van der Waals surface area contributed by atoms with Crippen molar-refractivity contribution in [2.24, 2.45) is 86.8 Å². The first-order valence-corrected chi connectivity index (χ1v) is 33.9. The van der Waals surface area contributed by atoms with Crippen molar-refractivity contribution in [1.82, 2.24) is 5.32 Å².